The van der Waals surface area contributed by atoms with Crippen LogP contribution in [0.3, 0.4) is 0 Å². The topological polar surface area (TPSA) is 45.7 Å². The summed E-state index contributed by atoms with van der Waals surface area (Å²) in [5, 5.41) is 6.77. The van der Waals surface area contributed by atoms with Gasteiger partial charge in [-0.25, -0.2) is 0 Å². The highest BCUT2D eigenvalue weighted by Gasteiger charge is 2.15. The standard InChI is InChI=1S/C14H29N3O/c1-11(2)7-8-12(3)17-14(15-4)16-10-13-6-5-9-18-13/h11-13H,5-10H2,1-4H3,(H2,15,16,17). The maximum Gasteiger partial charge on any atom is 0.191 e. The van der Waals surface area contributed by atoms with Gasteiger partial charge in [-0.05, 0) is 38.5 Å². The van der Waals surface area contributed by atoms with E-state index in [-0.39, 0.29) is 0 Å². The Morgan fingerprint density at radius 3 is 2.67 bits per heavy atom. The third-order valence-electron chi connectivity index (χ3n) is 3.30. The molecule has 0 aliphatic carbocycles. The number of hydrogen-bond acceptors (Lipinski definition) is 2. The van der Waals surface area contributed by atoms with Crippen LogP contribution in [0.15, 0.2) is 4.99 Å². The van der Waals surface area contributed by atoms with Crippen molar-refractivity contribution in [2.75, 3.05) is 20.2 Å². The van der Waals surface area contributed by atoms with E-state index in [0.29, 0.717) is 12.1 Å². The van der Waals surface area contributed by atoms with E-state index in [1.807, 2.05) is 7.05 Å². The van der Waals surface area contributed by atoms with Gasteiger partial charge in [-0.3, -0.25) is 4.99 Å². The van der Waals surface area contributed by atoms with Gasteiger partial charge in [0.1, 0.15) is 0 Å². The van der Waals surface area contributed by atoms with Gasteiger partial charge in [0, 0.05) is 26.2 Å². The Balaban J connectivity index is 2.19. The summed E-state index contributed by atoms with van der Waals surface area (Å²) in [5.74, 6) is 1.65. The zero-order chi connectivity index (χ0) is 13.4. The normalized spacial score (nSPS) is 22.3. The number of ether oxygens (including phenoxy) is 1. The van der Waals surface area contributed by atoms with Gasteiger partial charge in [0.2, 0.25) is 0 Å². The highest BCUT2D eigenvalue weighted by atomic mass is 16.5. The summed E-state index contributed by atoms with van der Waals surface area (Å²) in [6.45, 7) is 8.50. The molecule has 0 aromatic rings. The van der Waals surface area contributed by atoms with E-state index in [1.165, 1.54) is 19.3 Å². The first kappa shape index (κ1) is 15.3. The second kappa shape index (κ2) is 8.35. The lowest BCUT2D eigenvalue weighted by molar-refractivity contribution is 0.113. The largest absolute Gasteiger partial charge is 0.376 e. The van der Waals surface area contributed by atoms with Crippen molar-refractivity contribution in [1.29, 1.82) is 0 Å². The number of guanidine groups is 1. The minimum atomic E-state index is 0.356. The highest BCUT2D eigenvalue weighted by molar-refractivity contribution is 5.79. The molecule has 0 aromatic heterocycles. The summed E-state index contributed by atoms with van der Waals surface area (Å²) in [7, 11) is 1.82. The van der Waals surface area contributed by atoms with Crippen LogP contribution in [0.1, 0.15) is 46.5 Å². The fourth-order valence-corrected chi connectivity index (χ4v) is 2.10. The molecule has 0 saturated carbocycles. The van der Waals surface area contributed by atoms with Crippen LogP contribution in [0.4, 0.5) is 0 Å². The molecule has 0 bridgehead atoms. The van der Waals surface area contributed by atoms with Crippen molar-refractivity contribution >= 4 is 5.96 Å². The first-order valence-corrected chi connectivity index (χ1v) is 7.20. The third kappa shape index (κ3) is 6.24. The van der Waals surface area contributed by atoms with Crippen molar-refractivity contribution in [3.63, 3.8) is 0 Å². The quantitative estimate of drug-likeness (QED) is 0.565. The molecule has 0 radical (unpaired) electrons. The number of nitrogens with zero attached hydrogens (tertiary/aromatic N) is 1. The molecule has 0 spiro atoms. The first-order chi connectivity index (χ1) is 8.61. The molecule has 2 unspecified atom stereocenters. The summed E-state index contributed by atoms with van der Waals surface area (Å²) >= 11 is 0. The van der Waals surface area contributed by atoms with Gasteiger partial charge in [0.15, 0.2) is 5.96 Å². The minimum Gasteiger partial charge on any atom is -0.376 e. The second-order valence-electron chi connectivity index (χ2n) is 5.60. The van der Waals surface area contributed by atoms with Crippen LogP contribution < -0.4 is 10.6 Å². The first-order valence-electron chi connectivity index (χ1n) is 7.20. The molecule has 0 amide bonds. The van der Waals surface area contributed by atoms with Crippen LogP contribution in [0.2, 0.25) is 0 Å². The fraction of sp³-hybridized carbons (Fsp3) is 0.929. The Morgan fingerprint density at radius 2 is 2.11 bits per heavy atom. The molecule has 2 N–H and O–H groups in total. The smallest absolute Gasteiger partial charge is 0.191 e. The number of nitrogens with one attached hydrogen (secondary N) is 2. The SMILES string of the molecule is CN=C(NCC1CCCO1)NC(C)CCC(C)C. The molecule has 1 fully saturated rings. The van der Waals surface area contributed by atoms with Gasteiger partial charge in [0.25, 0.3) is 0 Å². The van der Waals surface area contributed by atoms with E-state index < -0.39 is 0 Å². The molecule has 1 rings (SSSR count). The van der Waals surface area contributed by atoms with E-state index in [0.717, 1.165) is 31.4 Å². The monoisotopic (exact) mass is 255 g/mol. The van der Waals surface area contributed by atoms with Crippen LogP contribution in [-0.4, -0.2) is 38.3 Å². The van der Waals surface area contributed by atoms with Crippen molar-refractivity contribution < 1.29 is 4.74 Å². The lowest BCUT2D eigenvalue weighted by atomic mass is 10.0. The molecule has 1 aliphatic heterocycles. The highest BCUT2D eigenvalue weighted by Crippen LogP contribution is 2.10. The lowest BCUT2D eigenvalue weighted by Crippen LogP contribution is -2.44. The molecule has 2 atom stereocenters. The van der Waals surface area contributed by atoms with Crippen molar-refractivity contribution in [3.8, 4) is 0 Å². The average molecular weight is 255 g/mol. The summed E-state index contributed by atoms with van der Waals surface area (Å²) in [5.41, 5.74) is 0. The van der Waals surface area contributed by atoms with Crippen molar-refractivity contribution in [2.24, 2.45) is 10.9 Å². The molecular formula is C14H29N3O. The van der Waals surface area contributed by atoms with E-state index in [9.17, 15) is 0 Å². The Bertz CT molecular complexity index is 247. The Kier molecular flexibility index (Phi) is 7.09. The summed E-state index contributed by atoms with van der Waals surface area (Å²) in [6, 6.07) is 0.461. The average Bonchev–Trinajstić information content (AvgIpc) is 2.84. The molecule has 1 heterocycles. The van der Waals surface area contributed by atoms with Crippen LogP contribution in [0.5, 0.6) is 0 Å². The van der Waals surface area contributed by atoms with Crippen molar-refractivity contribution in [2.45, 2.75) is 58.6 Å². The molecule has 1 saturated heterocycles. The predicted molar refractivity (Wildman–Crippen MR) is 77.0 cm³/mol. The van der Waals surface area contributed by atoms with Gasteiger partial charge >= 0.3 is 0 Å². The van der Waals surface area contributed by atoms with Crippen molar-refractivity contribution in [3.05, 3.63) is 0 Å². The lowest BCUT2D eigenvalue weighted by Gasteiger charge is -2.20. The van der Waals surface area contributed by atoms with E-state index in [4.69, 9.17) is 4.74 Å². The maximum atomic E-state index is 5.59. The molecule has 0 aromatic carbocycles. The van der Waals surface area contributed by atoms with Crippen LogP contribution in [-0.2, 0) is 4.74 Å². The maximum absolute atomic E-state index is 5.59. The fourth-order valence-electron chi connectivity index (χ4n) is 2.10. The number of rotatable bonds is 6. The molecule has 4 nitrogen and oxygen atoms in total. The van der Waals surface area contributed by atoms with Gasteiger partial charge in [0.05, 0.1) is 6.10 Å². The van der Waals surface area contributed by atoms with Gasteiger partial charge < -0.3 is 15.4 Å². The summed E-state index contributed by atoms with van der Waals surface area (Å²) < 4.78 is 5.59. The van der Waals surface area contributed by atoms with Gasteiger partial charge in [-0.1, -0.05) is 13.8 Å². The van der Waals surface area contributed by atoms with Crippen LogP contribution in [0.25, 0.3) is 0 Å². The summed E-state index contributed by atoms with van der Waals surface area (Å²) in [6.07, 6.45) is 5.13. The zero-order valence-electron chi connectivity index (χ0n) is 12.3. The summed E-state index contributed by atoms with van der Waals surface area (Å²) in [4.78, 5) is 4.25. The second-order valence-corrected chi connectivity index (χ2v) is 5.60. The molecule has 106 valence electrons. The molecule has 4 heteroatoms. The van der Waals surface area contributed by atoms with E-state index in [1.54, 1.807) is 0 Å². The van der Waals surface area contributed by atoms with Crippen LogP contribution >= 0.6 is 0 Å². The van der Waals surface area contributed by atoms with E-state index >= 15 is 0 Å². The predicted octanol–water partition coefficient (Wildman–Crippen LogP) is 2.16. The van der Waals surface area contributed by atoms with E-state index in [2.05, 4.69) is 36.4 Å². The van der Waals surface area contributed by atoms with Crippen molar-refractivity contribution in [1.82, 2.24) is 10.6 Å². The number of aliphatic imine (C=N–C) groups is 1. The zero-order valence-corrected chi connectivity index (χ0v) is 12.3. The minimum absolute atomic E-state index is 0.356. The van der Waals surface area contributed by atoms with Crippen LogP contribution in [0, 0.1) is 5.92 Å². The molecule has 18 heavy (non-hydrogen) atoms. The molecule has 1 aliphatic rings. The Hall–Kier alpha value is -0.770. The van der Waals surface area contributed by atoms with Gasteiger partial charge in [-0.2, -0.15) is 0 Å². The number of hydrogen-bond donors (Lipinski definition) is 2. The Morgan fingerprint density at radius 1 is 1.33 bits per heavy atom. The molecular weight excluding hydrogens is 226 g/mol. The Labute approximate surface area is 112 Å². The third-order valence-corrected chi connectivity index (χ3v) is 3.30. The van der Waals surface area contributed by atoms with Gasteiger partial charge in [-0.15, -0.1) is 0 Å².